The molecule has 2 unspecified atom stereocenters. The SMILES string of the molecule is CCC(C)OC(=O)C(O)(CC(=O)c1ccc(-n2ccnc2)cc1)C(=O)O. The third kappa shape index (κ3) is 4.15. The van der Waals surface area contributed by atoms with E-state index in [4.69, 9.17) is 4.74 Å². The van der Waals surface area contributed by atoms with Crippen molar-refractivity contribution in [3.63, 3.8) is 0 Å². The van der Waals surface area contributed by atoms with Crippen molar-refractivity contribution in [3.05, 3.63) is 48.5 Å². The highest BCUT2D eigenvalue weighted by atomic mass is 16.6. The van der Waals surface area contributed by atoms with Gasteiger partial charge in [-0.1, -0.05) is 6.92 Å². The van der Waals surface area contributed by atoms with Gasteiger partial charge in [-0.05, 0) is 37.6 Å². The van der Waals surface area contributed by atoms with E-state index in [1.165, 1.54) is 12.1 Å². The van der Waals surface area contributed by atoms with Gasteiger partial charge in [0.1, 0.15) is 0 Å². The highest BCUT2D eigenvalue weighted by molar-refractivity contribution is 6.09. The number of nitrogens with zero attached hydrogens (tertiary/aromatic N) is 2. The Morgan fingerprint density at radius 3 is 2.42 bits per heavy atom. The van der Waals surface area contributed by atoms with Crippen LogP contribution in [0.15, 0.2) is 43.0 Å². The van der Waals surface area contributed by atoms with Gasteiger partial charge in [-0.15, -0.1) is 0 Å². The van der Waals surface area contributed by atoms with Gasteiger partial charge in [-0.3, -0.25) is 4.79 Å². The van der Waals surface area contributed by atoms with Gasteiger partial charge in [0, 0.05) is 23.6 Å². The molecule has 8 nitrogen and oxygen atoms in total. The predicted molar refractivity (Wildman–Crippen MR) is 90.9 cm³/mol. The summed E-state index contributed by atoms with van der Waals surface area (Å²) in [7, 11) is 0. The molecule has 8 heteroatoms. The minimum atomic E-state index is -2.93. The molecule has 0 aliphatic heterocycles. The van der Waals surface area contributed by atoms with E-state index in [2.05, 4.69) is 4.98 Å². The first-order chi connectivity index (χ1) is 12.3. The van der Waals surface area contributed by atoms with E-state index in [-0.39, 0.29) is 5.56 Å². The summed E-state index contributed by atoms with van der Waals surface area (Å²) in [5, 5.41) is 19.5. The summed E-state index contributed by atoms with van der Waals surface area (Å²) in [6, 6.07) is 6.26. The van der Waals surface area contributed by atoms with Gasteiger partial charge in [0.15, 0.2) is 5.78 Å². The molecule has 0 saturated carbocycles. The zero-order chi connectivity index (χ0) is 19.3. The van der Waals surface area contributed by atoms with Crippen LogP contribution in [-0.2, 0) is 14.3 Å². The number of hydrogen-bond acceptors (Lipinski definition) is 6. The van der Waals surface area contributed by atoms with Gasteiger partial charge in [-0.2, -0.15) is 0 Å². The minimum absolute atomic E-state index is 0.171. The van der Waals surface area contributed by atoms with Crippen LogP contribution in [0, 0.1) is 0 Å². The molecule has 26 heavy (non-hydrogen) atoms. The molecule has 0 aliphatic carbocycles. The molecule has 1 aromatic heterocycles. The van der Waals surface area contributed by atoms with Crippen LogP contribution < -0.4 is 0 Å². The molecule has 0 bridgehead atoms. The fraction of sp³-hybridized carbons (Fsp3) is 0.333. The van der Waals surface area contributed by atoms with Crippen LogP contribution in [0.4, 0.5) is 0 Å². The predicted octanol–water partition coefficient (Wildman–Crippen LogP) is 1.60. The van der Waals surface area contributed by atoms with Crippen molar-refractivity contribution in [3.8, 4) is 5.69 Å². The summed E-state index contributed by atoms with van der Waals surface area (Å²) < 4.78 is 6.63. The first kappa shape index (κ1) is 19.3. The smallest absolute Gasteiger partial charge is 0.350 e. The van der Waals surface area contributed by atoms with Crippen LogP contribution in [0.2, 0.25) is 0 Å². The Morgan fingerprint density at radius 2 is 1.92 bits per heavy atom. The number of ether oxygens (including phenoxy) is 1. The molecule has 0 aliphatic rings. The molecule has 0 amide bonds. The average Bonchev–Trinajstić information content (AvgIpc) is 3.15. The normalized spacial score (nSPS) is 14.3. The van der Waals surface area contributed by atoms with E-state index < -0.39 is 35.8 Å². The van der Waals surface area contributed by atoms with Crippen molar-refractivity contribution in [2.24, 2.45) is 0 Å². The van der Waals surface area contributed by atoms with Crippen molar-refractivity contribution in [1.82, 2.24) is 9.55 Å². The second kappa shape index (κ2) is 7.92. The van der Waals surface area contributed by atoms with Crippen LogP contribution in [0.25, 0.3) is 5.69 Å². The standard InChI is InChI=1S/C18H20N2O6/c1-3-12(2)26-17(24)18(25,16(22)23)10-15(21)13-4-6-14(7-5-13)20-9-8-19-11-20/h4-9,11-12,25H,3,10H2,1-2H3,(H,22,23). The number of carboxylic acids is 1. The van der Waals surface area contributed by atoms with Crippen molar-refractivity contribution < 1.29 is 29.3 Å². The van der Waals surface area contributed by atoms with E-state index in [0.717, 1.165) is 5.69 Å². The van der Waals surface area contributed by atoms with Crippen LogP contribution in [0.1, 0.15) is 37.0 Å². The Morgan fingerprint density at radius 1 is 1.27 bits per heavy atom. The molecule has 0 fully saturated rings. The number of Topliss-reactive ketones (excluding diaryl/α,β-unsaturated/α-hetero) is 1. The van der Waals surface area contributed by atoms with Crippen LogP contribution in [-0.4, -0.2) is 49.2 Å². The summed E-state index contributed by atoms with van der Waals surface area (Å²) >= 11 is 0. The van der Waals surface area contributed by atoms with Crippen LogP contribution in [0.5, 0.6) is 0 Å². The van der Waals surface area contributed by atoms with E-state index in [9.17, 15) is 24.6 Å². The van der Waals surface area contributed by atoms with Gasteiger partial charge >= 0.3 is 11.9 Å². The number of carbonyl (C=O) groups is 3. The zero-order valence-electron chi connectivity index (χ0n) is 14.5. The average molecular weight is 360 g/mol. The zero-order valence-corrected chi connectivity index (χ0v) is 14.5. The number of aliphatic hydroxyl groups is 1. The lowest BCUT2D eigenvalue weighted by Gasteiger charge is -2.23. The van der Waals surface area contributed by atoms with Crippen LogP contribution in [0.3, 0.4) is 0 Å². The molecular weight excluding hydrogens is 340 g/mol. The van der Waals surface area contributed by atoms with Gasteiger partial charge in [0.2, 0.25) is 0 Å². The first-order valence-electron chi connectivity index (χ1n) is 8.06. The maximum atomic E-state index is 12.4. The lowest BCUT2D eigenvalue weighted by Crippen LogP contribution is -2.50. The van der Waals surface area contributed by atoms with Gasteiger partial charge in [0.25, 0.3) is 5.60 Å². The first-order valence-corrected chi connectivity index (χ1v) is 8.06. The summed E-state index contributed by atoms with van der Waals surface area (Å²) in [5.41, 5.74) is -2.00. The summed E-state index contributed by atoms with van der Waals surface area (Å²) in [6.07, 6.45) is 3.88. The molecule has 138 valence electrons. The third-order valence-electron chi connectivity index (χ3n) is 3.98. The summed E-state index contributed by atoms with van der Waals surface area (Å²) in [5.74, 6) is -3.86. The number of carboxylic acid groups (broad SMARTS) is 1. The van der Waals surface area contributed by atoms with E-state index >= 15 is 0 Å². The van der Waals surface area contributed by atoms with E-state index in [1.54, 1.807) is 49.3 Å². The van der Waals surface area contributed by atoms with E-state index in [0.29, 0.717) is 6.42 Å². The lowest BCUT2D eigenvalue weighted by molar-refractivity contribution is -0.182. The van der Waals surface area contributed by atoms with Crippen molar-refractivity contribution in [2.45, 2.75) is 38.4 Å². The number of ketones is 1. The number of carbonyl (C=O) groups excluding carboxylic acids is 2. The fourth-order valence-corrected chi connectivity index (χ4v) is 2.16. The number of aliphatic carboxylic acids is 1. The summed E-state index contributed by atoms with van der Waals surface area (Å²) in [4.78, 5) is 39.7. The molecule has 2 N–H and O–H groups in total. The second-order valence-corrected chi connectivity index (χ2v) is 5.91. The number of benzene rings is 1. The molecule has 0 saturated heterocycles. The number of aromatic nitrogens is 2. The molecule has 2 aromatic rings. The Balaban J connectivity index is 2.16. The lowest BCUT2D eigenvalue weighted by atomic mass is 9.93. The molecule has 0 spiro atoms. The maximum absolute atomic E-state index is 12.4. The Labute approximate surface area is 150 Å². The Bertz CT molecular complexity index is 785. The molecule has 0 radical (unpaired) electrons. The third-order valence-corrected chi connectivity index (χ3v) is 3.98. The Kier molecular flexibility index (Phi) is 5.89. The largest absolute Gasteiger partial charge is 0.479 e. The topological polar surface area (TPSA) is 119 Å². The fourth-order valence-electron chi connectivity index (χ4n) is 2.16. The molecule has 1 aromatic carbocycles. The highest BCUT2D eigenvalue weighted by Gasteiger charge is 2.48. The maximum Gasteiger partial charge on any atom is 0.350 e. The minimum Gasteiger partial charge on any atom is -0.479 e. The van der Waals surface area contributed by atoms with Crippen molar-refractivity contribution >= 4 is 17.7 Å². The molecule has 2 rings (SSSR count). The Hall–Kier alpha value is -3.00. The number of rotatable bonds is 8. The van der Waals surface area contributed by atoms with Gasteiger partial charge in [-0.25, -0.2) is 14.6 Å². The summed E-state index contributed by atoms with van der Waals surface area (Å²) in [6.45, 7) is 3.31. The van der Waals surface area contributed by atoms with Gasteiger partial charge < -0.3 is 19.5 Å². The monoisotopic (exact) mass is 360 g/mol. The molecular formula is C18H20N2O6. The van der Waals surface area contributed by atoms with E-state index in [1.807, 2.05) is 0 Å². The van der Waals surface area contributed by atoms with Crippen molar-refractivity contribution in [1.29, 1.82) is 0 Å². The molecule has 2 atom stereocenters. The molecule has 1 heterocycles. The number of esters is 1. The van der Waals surface area contributed by atoms with Crippen molar-refractivity contribution in [2.75, 3.05) is 0 Å². The quantitative estimate of drug-likeness (QED) is 0.417. The number of imidazole rings is 1. The van der Waals surface area contributed by atoms with Gasteiger partial charge in [0.05, 0.1) is 18.9 Å². The highest BCUT2D eigenvalue weighted by Crippen LogP contribution is 2.20. The number of hydrogen-bond donors (Lipinski definition) is 2. The second-order valence-electron chi connectivity index (χ2n) is 5.91. The van der Waals surface area contributed by atoms with Crippen LogP contribution >= 0.6 is 0 Å².